The smallest absolute Gasteiger partial charge is 0.274 e. The molecule has 3 rings (SSSR count). The van der Waals surface area contributed by atoms with Crippen LogP contribution in [0, 0.1) is 23.1 Å². The number of nitriles is 1. The summed E-state index contributed by atoms with van der Waals surface area (Å²) in [6.07, 6.45) is 1.39. The number of benzene rings is 1. The minimum Gasteiger partial charge on any atom is -0.385 e. The second kappa shape index (κ2) is 7.24. The molecule has 0 saturated heterocycles. The molecule has 150 valence electrons. The number of hydrogen-bond acceptors (Lipinski definition) is 5. The van der Waals surface area contributed by atoms with Gasteiger partial charge in [-0.15, -0.1) is 0 Å². The third kappa shape index (κ3) is 3.81. The van der Waals surface area contributed by atoms with E-state index >= 15 is 0 Å². The Hall–Kier alpha value is -3.34. The van der Waals surface area contributed by atoms with Crippen LogP contribution in [-0.2, 0) is 5.54 Å². The third-order valence-electron chi connectivity index (χ3n) is 5.43. The van der Waals surface area contributed by atoms with Crippen LogP contribution >= 0.6 is 0 Å². The lowest BCUT2D eigenvalue weighted by Crippen LogP contribution is -2.49. The topological polar surface area (TPSA) is 104 Å². The molecule has 2 aromatic rings. The lowest BCUT2D eigenvalue weighted by atomic mass is 9.73. The van der Waals surface area contributed by atoms with Gasteiger partial charge in [0, 0.05) is 17.4 Å². The number of carbonyl (C=O) groups excluding carboxylic acids is 1. The van der Waals surface area contributed by atoms with Crippen molar-refractivity contribution in [2.75, 3.05) is 5.32 Å². The van der Waals surface area contributed by atoms with Crippen LogP contribution in [0.1, 0.15) is 48.8 Å². The molecule has 1 amide bonds. The van der Waals surface area contributed by atoms with E-state index in [2.05, 4.69) is 15.3 Å². The summed E-state index contributed by atoms with van der Waals surface area (Å²) in [5.74, 6) is -1.53. The van der Waals surface area contributed by atoms with E-state index in [0.29, 0.717) is 11.3 Å². The van der Waals surface area contributed by atoms with Gasteiger partial charge >= 0.3 is 0 Å². The van der Waals surface area contributed by atoms with E-state index < -0.39 is 22.9 Å². The van der Waals surface area contributed by atoms with E-state index in [0.717, 1.165) is 0 Å². The van der Waals surface area contributed by atoms with Crippen LogP contribution in [0.3, 0.4) is 0 Å². The van der Waals surface area contributed by atoms with Gasteiger partial charge in [-0.3, -0.25) is 9.79 Å². The lowest BCUT2D eigenvalue weighted by molar-refractivity contribution is 0.102. The van der Waals surface area contributed by atoms with E-state index in [1.54, 1.807) is 13.8 Å². The molecule has 0 radical (unpaired) electrons. The standard InChI is InChI=1S/C21H21F2N5O/c1-12-9-20(2,23)19(25)28-21(12,3)15-8-14(5-6-16(15)22)27-18(29)17-7-4-13(10-24)11-26-17/h4-8,11-12H,9H2,1-3H3,(H2,25,28)(H,27,29)/t12-,20+,21-/m0/s1. The van der Waals surface area contributed by atoms with Crippen molar-refractivity contribution < 1.29 is 13.6 Å². The molecule has 0 saturated carbocycles. The molecule has 0 fully saturated rings. The molecule has 2 heterocycles. The first-order valence-electron chi connectivity index (χ1n) is 9.09. The Morgan fingerprint density at radius 3 is 2.69 bits per heavy atom. The van der Waals surface area contributed by atoms with Crippen molar-refractivity contribution in [3.8, 4) is 6.07 Å². The van der Waals surface area contributed by atoms with Gasteiger partial charge in [-0.05, 0) is 56.5 Å². The highest BCUT2D eigenvalue weighted by molar-refractivity contribution is 6.02. The zero-order valence-corrected chi connectivity index (χ0v) is 16.3. The summed E-state index contributed by atoms with van der Waals surface area (Å²) >= 11 is 0. The van der Waals surface area contributed by atoms with E-state index in [9.17, 15) is 13.6 Å². The second-order valence-corrected chi connectivity index (χ2v) is 7.64. The second-order valence-electron chi connectivity index (χ2n) is 7.64. The zero-order chi connectivity index (χ0) is 21.4. The first kappa shape index (κ1) is 20.4. The predicted molar refractivity (Wildman–Crippen MR) is 106 cm³/mol. The van der Waals surface area contributed by atoms with Gasteiger partial charge < -0.3 is 11.1 Å². The van der Waals surface area contributed by atoms with Crippen LogP contribution in [0.4, 0.5) is 14.5 Å². The minimum absolute atomic E-state index is 0.101. The first-order valence-corrected chi connectivity index (χ1v) is 9.09. The van der Waals surface area contributed by atoms with Gasteiger partial charge in [0.15, 0.2) is 5.67 Å². The zero-order valence-electron chi connectivity index (χ0n) is 16.3. The highest BCUT2D eigenvalue weighted by atomic mass is 19.1. The van der Waals surface area contributed by atoms with Gasteiger partial charge in [0.2, 0.25) is 0 Å². The minimum atomic E-state index is -1.75. The van der Waals surface area contributed by atoms with Gasteiger partial charge in [-0.25, -0.2) is 13.8 Å². The average Bonchev–Trinajstić information content (AvgIpc) is 2.67. The van der Waals surface area contributed by atoms with Gasteiger partial charge in [-0.2, -0.15) is 5.26 Å². The number of amidine groups is 1. The van der Waals surface area contributed by atoms with Crippen molar-refractivity contribution in [2.45, 2.75) is 38.4 Å². The molecule has 1 aromatic carbocycles. The highest BCUT2D eigenvalue weighted by Crippen LogP contribution is 2.44. The Morgan fingerprint density at radius 1 is 1.34 bits per heavy atom. The first-order chi connectivity index (χ1) is 13.6. The van der Waals surface area contributed by atoms with E-state index in [1.165, 1.54) is 43.5 Å². The number of hydrogen-bond donors (Lipinski definition) is 2. The Bertz CT molecular complexity index is 1030. The molecular weight excluding hydrogens is 376 g/mol. The van der Waals surface area contributed by atoms with Crippen molar-refractivity contribution in [3.05, 3.63) is 59.2 Å². The summed E-state index contributed by atoms with van der Waals surface area (Å²) in [5, 5.41) is 11.5. The molecule has 3 N–H and O–H groups in total. The molecule has 8 heteroatoms. The largest absolute Gasteiger partial charge is 0.385 e. The lowest BCUT2D eigenvalue weighted by Gasteiger charge is -2.41. The molecule has 0 aliphatic carbocycles. The third-order valence-corrected chi connectivity index (χ3v) is 5.43. The number of aliphatic imine (C=N–C) groups is 1. The molecule has 3 atom stereocenters. The Kier molecular flexibility index (Phi) is 5.09. The van der Waals surface area contributed by atoms with Gasteiger partial charge in [0.05, 0.1) is 11.1 Å². The highest BCUT2D eigenvalue weighted by Gasteiger charge is 2.46. The number of nitrogens with one attached hydrogen (secondary N) is 1. The summed E-state index contributed by atoms with van der Waals surface area (Å²) in [6.45, 7) is 4.85. The molecule has 0 bridgehead atoms. The van der Waals surface area contributed by atoms with Crippen molar-refractivity contribution in [1.29, 1.82) is 5.26 Å². The molecule has 1 aromatic heterocycles. The quantitative estimate of drug-likeness (QED) is 0.824. The number of rotatable bonds is 3. The summed E-state index contributed by atoms with van der Waals surface area (Å²) in [7, 11) is 0. The fourth-order valence-electron chi connectivity index (χ4n) is 3.46. The normalized spacial score (nSPS) is 26.3. The molecule has 1 aliphatic rings. The van der Waals surface area contributed by atoms with Crippen LogP contribution in [0.2, 0.25) is 0 Å². The number of carbonyl (C=O) groups is 1. The maximum absolute atomic E-state index is 14.7. The van der Waals surface area contributed by atoms with Crippen LogP contribution < -0.4 is 11.1 Å². The number of amides is 1. The molecular formula is C21H21F2N5O. The van der Waals surface area contributed by atoms with Crippen LogP contribution in [-0.4, -0.2) is 22.4 Å². The van der Waals surface area contributed by atoms with Crippen molar-refractivity contribution in [1.82, 2.24) is 4.98 Å². The van der Waals surface area contributed by atoms with Crippen molar-refractivity contribution in [3.63, 3.8) is 0 Å². The molecule has 1 aliphatic heterocycles. The monoisotopic (exact) mass is 397 g/mol. The van der Waals surface area contributed by atoms with Gasteiger partial charge in [0.1, 0.15) is 23.4 Å². The maximum Gasteiger partial charge on any atom is 0.274 e. The van der Waals surface area contributed by atoms with Gasteiger partial charge in [-0.1, -0.05) is 6.92 Å². The average molecular weight is 397 g/mol. The fraction of sp³-hybridized carbons (Fsp3) is 0.333. The Morgan fingerprint density at radius 2 is 2.07 bits per heavy atom. The SMILES string of the molecule is C[C@H]1C[C@@](C)(F)C(N)=N[C@]1(C)c1cc(NC(=O)c2ccc(C#N)cn2)ccc1F. The van der Waals surface area contributed by atoms with E-state index in [-0.39, 0.29) is 29.4 Å². The van der Waals surface area contributed by atoms with E-state index in [4.69, 9.17) is 11.0 Å². The number of aromatic nitrogens is 1. The Balaban J connectivity index is 1.93. The van der Waals surface area contributed by atoms with Crippen LogP contribution in [0.25, 0.3) is 0 Å². The van der Waals surface area contributed by atoms with Crippen molar-refractivity contribution in [2.24, 2.45) is 16.6 Å². The number of nitrogens with zero attached hydrogens (tertiary/aromatic N) is 3. The van der Waals surface area contributed by atoms with Crippen LogP contribution in [0.5, 0.6) is 0 Å². The summed E-state index contributed by atoms with van der Waals surface area (Å²) in [6, 6.07) is 8.96. The summed E-state index contributed by atoms with van der Waals surface area (Å²) in [4.78, 5) is 20.7. The maximum atomic E-state index is 14.7. The summed E-state index contributed by atoms with van der Waals surface area (Å²) in [5.41, 5.74) is 3.99. The Labute approximate surface area is 167 Å². The fourth-order valence-corrected chi connectivity index (χ4v) is 3.46. The predicted octanol–water partition coefficient (Wildman–Crippen LogP) is 3.69. The number of halogens is 2. The van der Waals surface area contributed by atoms with Gasteiger partial charge in [0.25, 0.3) is 5.91 Å². The molecule has 0 unspecified atom stereocenters. The number of pyridine rings is 1. The molecule has 29 heavy (non-hydrogen) atoms. The van der Waals surface area contributed by atoms with Crippen molar-refractivity contribution >= 4 is 17.4 Å². The number of anilines is 1. The summed E-state index contributed by atoms with van der Waals surface area (Å²) < 4.78 is 29.2. The molecule has 6 nitrogen and oxygen atoms in total. The van der Waals surface area contributed by atoms with Crippen LogP contribution in [0.15, 0.2) is 41.5 Å². The number of nitrogens with two attached hydrogens (primary N) is 1. The number of alkyl halides is 1. The van der Waals surface area contributed by atoms with E-state index in [1.807, 2.05) is 6.07 Å². The molecule has 0 spiro atoms.